The number of rotatable bonds is 2. The number of alkyl halides is 3. The van der Waals surface area contributed by atoms with Crippen LogP contribution in [0.15, 0.2) is 24.8 Å². The molecule has 0 spiro atoms. The molecule has 1 saturated heterocycles. The van der Waals surface area contributed by atoms with E-state index in [-0.39, 0.29) is 5.92 Å². The summed E-state index contributed by atoms with van der Waals surface area (Å²) in [6, 6.07) is 1.16. The number of piperidine rings is 1. The van der Waals surface area contributed by atoms with E-state index in [1.54, 1.807) is 6.20 Å². The lowest BCUT2D eigenvalue weighted by Gasteiger charge is -2.31. The molecule has 0 atom stereocenters. The van der Waals surface area contributed by atoms with Gasteiger partial charge in [-0.15, -0.1) is 0 Å². The Morgan fingerprint density at radius 2 is 1.91 bits per heavy atom. The maximum atomic E-state index is 13.1. The third-order valence-corrected chi connectivity index (χ3v) is 5.54. The van der Waals surface area contributed by atoms with Crippen LogP contribution in [-0.2, 0) is 16.2 Å². The number of imidazole rings is 1. The molecule has 5 nitrogen and oxygen atoms in total. The SMILES string of the molecule is CS(=O)(=O)N1CCC(c2cc(C(F)(F)F)cn3cncc23)CC1. The van der Waals surface area contributed by atoms with Crippen molar-refractivity contribution in [3.05, 3.63) is 35.9 Å². The maximum absolute atomic E-state index is 13.1. The van der Waals surface area contributed by atoms with E-state index in [0.29, 0.717) is 37.0 Å². The largest absolute Gasteiger partial charge is 0.417 e. The van der Waals surface area contributed by atoms with Gasteiger partial charge in [0.15, 0.2) is 0 Å². The Bertz CT molecular complexity index is 821. The highest BCUT2D eigenvalue weighted by Gasteiger charge is 2.33. The van der Waals surface area contributed by atoms with Gasteiger partial charge in [0, 0.05) is 19.3 Å². The predicted octanol–water partition coefficient (Wildman–Crippen LogP) is 2.49. The molecule has 0 N–H and O–H groups in total. The molecule has 0 bridgehead atoms. The fraction of sp³-hybridized carbons (Fsp3) is 0.500. The molecule has 0 unspecified atom stereocenters. The second kappa shape index (κ2) is 5.48. The zero-order valence-electron chi connectivity index (χ0n) is 12.4. The lowest BCUT2D eigenvalue weighted by Crippen LogP contribution is -2.37. The highest BCUT2D eigenvalue weighted by Crippen LogP contribution is 2.36. The van der Waals surface area contributed by atoms with Gasteiger partial charge in [0.25, 0.3) is 0 Å². The maximum Gasteiger partial charge on any atom is 0.417 e. The van der Waals surface area contributed by atoms with Gasteiger partial charge in [-0.05, 0) is 30.4 Å². The predicted molar refractivity (Wildman–Crippen MR) is 78.6 cm³/mol. The Balaban J connectivity index is 1.95. The second-order valence-corrected chi connectivity index (χ2v) is 7.79. The van der Waals surface area contributed by atoms with Gasteiger partial charge in [0.05, 0.1) is 29.9 Å². The van der Waals surface area contributed by atoms with E-state index in [0.717, 1.165) is 18.5 Å². The van der Waals surface area contributed by atoms with Gasteiger partial charge in [0.1, 0.15) is 0 Å². The summed E-state index contributed by atoms with van der Waals surface area (Å²) >= 11 is 0. The molecule has 23 heavy (non-hydrogen) atoms. The number of hydrogen-bond donors (Lipinski definition) is 0. The van der Waals surface area contributed by atoms with Crippen molar-refractivity contribution in [1.29, 1.82) is 0 Å². The molecular weight excluding hydrogens is 331 g/mol. The lowest BCUT2D eigenvalue weighted by molar-refractivity contribution is -0.137. The van der Waals surface area contributed by atoms with Gasteiger partial charge in [0.2, 0.25) is 10.0 Å². The number of fused-ring (bicyclic) bond motifs is 1. The molecule has 9 heteroatoms. The van der Waals surface area contributed by atoms with Crippen LogP contribution in [0.2, 0.25) is 0 Å². The van der Waals surface area contributed by atoms with E-state index in [1.807, 2.05) is 0 Å². The van der Waals surface area contributed by atoms with E-state index in [1.165, 1.54) is 15.0 Å². The van der Waals surface area contributed by atoms with Crippen molar-refractivity contribution < 1.29 is 21.6 Å². The summed E-state index contributed by atoms with van der Waals surface area (Å²) in [4.78, 5) is 3.92. The first-order valence-corrected chi connectivity index (χ1v) is 8.99. The fourth-order valence-corrected chi connectivity index (χ4v) is 3.91. The first-order valence-electron chi connectivity index (χ1n) is 7.14. The van der Waals surface area contributed by atoms with Gasteiger partial charge in [-0.3, -0.25) is 0 Å². The van der Waals surface area contributed by atoms with Crippen LogP contribution in [0.25, 0.3) is 5.52 Å². The first-order chi connectivity index (χ1) is 10.7. The number of sulfonamides is 1. The quantitative estimate of drug-likeness (QED) is 0.839. The zero-order chi connectivity index (χ0) is 16.8. The first kappa shape index (κ1) is 16.3. The molecule has 1 aliphatic rings. The molecule has 126 valence electrons. The summed E-state index contributed by atoms with van der Waals surface area (Å²) in [6.07, 6.45) is 1.62. The van der Waals surface area contributed by atoms with Crippen LogP contribution >= 0.6 is 0 Å². The number of pyridine rings is 1. The molecule has 0 amide bonds. The normalized spacial score (nSPS) is 18.6. The van der Waals surface area contributed by atoms with Gasteiger partial charge in [-0.2, -0.15) is 13.2 Å². The van der Waals surface area contributed by atoms with Crippen molar-refractivity contribution in [3.8, 4) is 0 Å². The Labute approximate surface area is 131 Å². The summed E-state index contributed by atoms with van der Waals surface area (Å²) in [5, 5.41) is 0. The molecule has 0 saturated carbocycles. The molecule has 3 heterocycles. The molecule has 3 rings (SSSR count). The number of hydrogen-bond acceptors (Lipinski definition) is 3. The zero-order valence-corrected chi connectivity index (χ0v) is 13.2. The minimum atomic E-state index is -4.43. The summed E-state index contributed by atoms with van der Waals surface area (Å²) in [7, 11) is -3.26. The topological polar surface area (TPSA) is 54.7 Å². The average molecular weight is 347 g/mol. The smallest absolute Gasteiger partial charge is 0.305 e. The number of aromatic nitrogens is 2. The Morgan fingerprint density at radius 3 is 2.48 bits per heavy atom. The van der Waals surface area contributed by atoms with Crippen LogP contribution in [0, 0.1) is 0 Å². The van der Waals surface area contributed by atoms with Crippen LogP contribution in [0.4, 0.5) is 13.2 Å². The van der Waals surface area contributed by atoms with Crippen LogP contribution < -0.4 is 0 Å². The lowest BCUT2D eigenvalue weighted by atomic mass is 9.89. The molecule has 2 aromatic rings. The van der Waals surface area contributed by atoms with Gasteiger partial charge < -0.3 is 4.40 Å². The van der Waals surface area contributed by atoms with Gasteiger partial charge in [-0.25, -0.2) is 17.7 Å². The summed E-state index contributed by atoms with van der Waals surface area (Å²) in [6.45, 7) is 0.639. The Kier molecular flexibility index (Phi) is 3.88. The summed E-state index contributed by atoms with van der Waals surface area (Å²) < 4.78 is 65.0. The third kappa shape index (κ3) is 3.20. The van der Waals surface area contributed by atoms with Crippen molar-refractivity contribution in [2.45, 2.75) is 24.9 Å². The van der Waals surface area contributed by atoms with Crippen molar-refractivity contribution >= 4 is 15.5 Å². The molecule has 0 aliphatic carbocycles. The van der Waals surface area contributed by atoms with Gasteiger partial charge >= 0.3 is 6.18 Å². The molecular formula is C14H16F3N3O2S. The third-order valence-electron chi connectivity index (χ3n) is 4.24. The van der Waals surface area contributed by atoms with Crippen molar-refractivity contribution in [1.82, 2.24) is 13.7 Å². The second-order valence-electron chi connectivity index (χ2n) is 5.80. The van der Waals surface area contributed by atoms with E-state index in [9.17, 15) is 21.6 Å². The van der Waals surface area contributed by atoms with E-state index in [2.05, 4.69) is 4.98 Å². The van der Waals surface area contributed by atoms with Gasteiger partial charge in [-0.1, -0.05) is 0 Å². The van der Waals surface area contributed by atoms with Crippen LogP contribution in [0.5, 0.6) is 0 Å². The van der Waals surface area contributed by atoms with E-state index in [4.69, 9.17) is 0 Å². The Morgan fingerprint density at radius 1 is 1.26 bits per heavy atom. The monoisotopic (exact) mass is 347 g/mol. The summed E-state index contributed by atoms with van der Waals surface area (Å²) in [5.74, 6) is -0.116. The average Bonchev–Trinajstić information content (AvgIpc) is 2.93. The van der Waals surface area contributed by atoms with Crippen molar-refractivity contribution in [2.24, 2.45) is 0 Å². The standard InChI is InChI=1S/C14H16F3N3O2S/c1-23(21,22)20-4-2-10(3-5-20)12-6-11(14(15,16)17)8-19-9-18-7-13(12)19/h6-10H,2-5H2,1H3. The highest BCUT2D eigenvalue weighted by molar-refractivity contribution is 7.88. The van der Waals surface area contributed by atoms with Crippen LogP contribution in [-0.4, -0.2) is 41.5 Å². The molecule has 0 radical (unpaired) electrons. The minimum Gasteiger partial charge on any atom is -0.305 e. The molecule has 2 aromatic heterocycles. The van der Waals surface area contributed by atoms with E-state index >= 15 is 0 Å². The molecule has 0 aromatic carbocycles. The van der Waals surface area contributed by atoms with Crippen LogP contribution in [0.3, 0.4) is 0 Å². The van der Waals surface area contributed by atoms with E-state index < -0.39 is 21.8 Å². The Hall–Kier alpha value is -1.61. The molecule has 1 aliphatic heterocycles. The van der Waals surface area contributed by atoms with Crippen LogP contribution in [0.1, 0.15) is 29.9 Å². The number of nitrogens with zero attached hydrogens (tertiary/aromatic N) is 3. The minimum absolute atomic E-state index is 0.116. The fourth-order valence-electron chi connectivity index (χ4n) is 3.04. The highest BCUT2D eigenvalue weighted by atomic mass is 32.2. The van der Waals surface area contributed by atoms with Crippen molar-refractivity contribution in [2.75, 3.05) is 19.3 Å². The molecule has 1 fully saturated rings. The number of halogens is 3. The van der Waals surface area contributed by atoms with Crippen molar-refractivity contribution in [3.63, 3.8) is 0 Å². The summed E-state index contributed by atoms with van der Waals surface area (Å²) in [5.41, 5.74) is 0.491.